The summed E-state index contributed by atoms with van der Waals surface area (Å²) < 4.78 is 1.01. The molecule has 0 heterocycles. The fraction of sp³-hybridized carbons (Fsp3) is 0.500. The van der Waals surface area contributed by atoms with Gasteiger partial charge in [0.2, 0.25) is 5.91 Å². The van der Waals surface area contributed by atoms with Gasteiger partial charge in [0.1, 0.15) is 0 Å². The molecule has 4 heteroatoms. The number of aryl methyl sites for hydroxylation is 1. The van der Waals surface area contributed by atoms with Crippen molar-refractivity contribution in [1.82, 2.24) is 5.32 Å². The molecule has 3 nitrogen and oxygen atoms in total. The van der Waals surface area contributed by atoms with Crippen molar-refractivity contribution in [3.8, 4) is 0 Å². The van der Waals surface area contributed by atoms with E-state index in [1.165, 1.54) is 0 Å². The topological polar surface area (TPSA) is 41.1 Å². The maximum Gasteiger partial charge on any atom is 0.225 e. The molecule has 1 unspecified atom stereocenters. The summed E-state index contributed by atoms with van der Waals surface area (Å²) in [6, 6.07) is 6.29. The zero-order valence-electron chi connectivity index (χ0n) is 11.2. The molecule has 0 fully saturated rings. The Balaban J connectivity index is 2.38. The lowest BCUT2D eigenvalue weighted by Gasteiger charge is -2.11. The van der Waals surface area contributed by atoms with Crippen molar-refractivity contribution in [2.75, 3.05) is 11.9 Å². The van der Waals surface area contributed by atoms with Crippen LogP contribution in [0.5, 0.6) is 0 Å². The molecule has 0 aliphatic carbocycles. The quantitative estimate of drug-likeness (QED) is 0.844. The molecule has 100 valence electrons. The molecule has 0 aromatic heterocycles. The van der Waals surface area contributed by atoms with Gasteiger partial charge in [-0.2, -0.15) is 0 Å². The minimum Gasteiger partial charge on any atom is -0.326 e. The molecule has 0 aliphatic rings. The van der Waals surface area contributed by atoms with Crippen molar-refractivity contribution >= 4 is 27.5 Å². The first kappa shape index (κ1) is 15.2. The Morgan fingerprint density at radius 2 is 2.17 bits per heavy atom. The van der Waals surface area contributed by atoms with Crippen LogP contribution in [0, 0.1) is 6.92 Å². The van der Waals surface area contributed by atoms with Crippen molar-refractivity contribution in [2.45, 2.75) is 39.7 Å². The van der Waals surface area contributed by atoms with Crippen LogP contribution < -0.4 is 10.6 Å². The van der Waals surface area contributed by atoms with Crippen LogP contribution in [0.4, 0.5) is 5.69 Å². The van der Waals surface area contributed by atoms with Gasteiger partial charge in [-0.25, -0.2) is 0 Å². The molecule has 0 bridgehead atoms. The van der Waals surface area contributed by atoms with Crippen molar-refractivity contribution in [1.29, 1.82) is 0 Å². The Labute approximate surface area is 117 Å². The van der Waals surface area contributed by atoms with Crippen LogP contribution in [-0.4, -0.2) is 18.5 Å². The van der Waals surface area contributed by atoms with Gasteiger partial charge >= 0.3 is 0 Å². The number of benzene rings is 1. The zero-order valence-corrected chi connectivity index (χ0v) is 12.8. The van der Waals surface area contributed by atoms with Crippen LogP contribution in [-0.2, 0) is 4.79 Å². The summed E-state index contributed by atoms with van der Waals surface area (Å²) in [5.74, 6) is 0.0431. The standard InChI is InChI=1S/C14H21BrN2O/c1-4-11(3)16-8-7-14(18)17-12-6-5-10(2)13(15)9-12/h5-6,9,11,16H,4,7-8H2,1-3H3,(H,17,18). The summed E-state index contributed by atoms with van der Waals surface area (Å²) in [5, 5.41) is 6.19. The lowest BCUT2D eigenvalue weighted by atomic mass is 10.2. The minimum absolute atomic E-state index is 0.0431. The van der Waals surface area contributed by atoms with Crippen molar-refractivity contribution in [3.05, 3.63) is 28.2 Å². The third-order valence-electron chi connectivity index (χ3n) is 2.91. The first-order chi connectivity index (χ1) is 8.52. The van der Waals surface area contributed by atoms with E-state index < -0.39 is 0 Å². The number of amides is 1. The molecule has 1 aromatic carbocycles. The summed E-state index contributed by atoms with van der Waals surface area (Å²) in [6.07, 6.45) is 1.57. The monoisotopic (exact) mass is 312 g/mol. The second-order valence-electron chi connectivity index (χ2n) is 4.53. The predicted molar refractivity (Wildman–Crippen MR) is 79.9 cm³/mol. The normalized spacial score (nSPS) is 12.2. The summed E-state index contributed by atoms with van der Waals surface area (Å²) >= 11 is 3.45. The Hall–Kier alpha value is -0.870. The highest BCUT2D eigenvalue weighted by Crippen LogP contribution is 2.20. The second kappa shape index (κ2) is 7.54. The van der Waals surface area contributed by atoms with Crippen LogP contribution in [0.1, 0.15) is 32.3 Å². The predicted octanol–water partition coefficient (Wildman–Crippen LogP) is 3.47. The van der Waals surface area contributed by atoms with E-state index in [1.807, 2.05) is 25.1 Å². The van der Waals surface area contributed by atoms with Gasteiger partial charge < -0.3 is 10.6 Å². The first-order valence-corrected chi connectivity index (χ1v) is 7.11. The highest BCUT2D eigenvalue weighted by atomic mass is 79.9. The number of carbonyl (C=O) groups is 1. The molecule has 1 aromatic rings. The van der Waals surface area contributed by atoms with Crippen LogP contribution in [0.3, 0.4) is 0 Å². The highest BCUT2D eigenvalue weighted by molar-refractivity contribution is 9.10. The zero-order chi connectivity index (χ0) is 13.5. The van der Waals surface area contributed by atoms with Gasteiger partial charge in [0.15, 0.2) is 0 Å². The Morgan fingerprint density at radius 3 is 2.78 bits per heavy atom. The summed E-state index contributed by atoms with van der Waals surface area (Å²) in [4.78, 5) is 11.7. The second-order valence-corrected chi connectivity index (χ2v) is 5.38. The number of hydrogen-bond acceptors (Lipinski definition) is 2. The third-order valence-corrected chi connectivity index (χ3v) is 3.77. The van der Waals surface area contributed by atoms with Crippen molar-refractivity contribution in [2.24, 2.45) is 0 Å². The van der Waals surface area contributed by atoms with Gasteiger partial charge in [-0.3, -0.25) is 4.79 Å². The number of carbonyl (C=O) groups excluding carboxylic acids is 1. The van der Waals surface area contributed by atoms with Gasteiger partial charge in [-0.15, -0.1) is 0 Å². The average molecular weight is 313 g/mol. The van der Waals surface area contributed by atoms with E-state index in [4.69, 9.17) is 0 Å². The molecule has 1 rings (SSSR count). The summed E-state index contributed by atoms with van der Waals surface area (Å²) in [6.45, 7) is 6.98. The molecule has 0 aliphatic heterocycles. The van der Waals surface area contributed by atoms with E-state index in [2.05, 4.69) is 40.4 Å². The molecule has 2 N–H and O–H groups in total. The number of rotatable bonds is 6. The maximum atomic E-state index is 11.7. The van der Waals surface area contributed by atoms with Crippen molar-refractivity contribution in [3.63, 3.8) is 0 Å². The molecule has 0 spiro atoms. The number of nitrogens with one attached hydrogen (secondary N) is 2. The van der Waals surface area contributed by atoms with Crippen LogP contribution in [0.15, 0.2) is 22.7 Å². The van der Waals surface area contributed by atoms with Gasteiger partial charge in [0.25, 0.3) is 0 Å². The SMILES string of the molecule is CCC(C)NCCC(=O)Nc1ccc(C)c(Br)c1. The average Bonchev–Trinajstić information content (AvgIpc) is 2.33. The van der Waals surface area contributed by atoms with Gasteiger partial charge in [0, 0.05) is 29.2 Å². The van der Waals surface area contributed by atoms with Crippen LogP contribution >= 0.6 is 15.9 Å². The lowest BCUT2D eigenvalue weighted by Crippen LogP contribution is -2.28. The molecular formula is C14H21BrN2O. The minimum atomic E-state index is 0.0431. The number of halogens is 1. The van der Waals surface area contributed by atoms with Crippen molar-refractivity contribution < 1.29 is 4.79 Å². The summed E-state index contributed by atoms with van der Waals surface area (Å²) in [5.41, 5.74) is 1.99. The molecule has 0 radical (unpaired) electrons. The van der Waals surface area contributed by atoms with Gasteiger partial charge in [0.05, 0.1) is 0 Å². The number of hydrogen-bond donors (Lipinski definition) is 2. The van der Waals surface area contributed by atoms with E-state index in [1.54, 1.807) is 0 Å². The number of anilines is 1. The van der Waals surface area contributed by atoms with Gasteiger partial charge in [-0.05, 0) is 38.0 Å². The molecule has 18 heavy (non-hydrogen) atoms. The van der Waals surface area contributed by atoms with Crippen LogP contribution in [0.2, 0.25) is 0 Å². The van der Waals surface area contributed by atoms with Crippen LogP contribution in [0.25, 0.3) is 0 Å². The fourth-order valence-corrected chi connectivity index (χ4v) is 1.85. The Bertz CT molecular complexity index is 407. The molecule has 0 saturated heterocycles. The molecule has 0 saturated carbocycles. The Morgan fingerprint density at radius 1 is 1.44 bits per heavy atom. The van der Waals surface area contributed by atoms with Gasteiger partial charge in [-0.1, -0.05) is 28.9 Å². The largest absolute Gasteiger partial charge is 0.326 e. The van der Waals surface area contributed by atoms with E-state index in [9.17, 15) is 4.79 Å². The first-order valence-electron chi connectivity index (χ1n) is 6.32. The van der Waals surface area contributed by atoms with E-state index in [0.29, 0.717) is 19.0 Å². The molecular weight excluding hydrogens is 292 g/mol. The molecule has 1 amide bonds. The smallest absolute Gasteiger partial charge is 0.225 e. The molecule has 1 atom stereocenters. The van der Waals surface area contributed by atoms with E-state index >= 15 is 0 Å². The maximum absolute atomic E-state index is 11.7. The Kier molecular flexibility index (Phi) is 6.36. The van der Waals surface area contributed by atoms with E-state index in [0.717, 1.165) is 22.1 Å². The van der Waals surface area contributed by atoms with E-state index in [-0.39, 0.29) is 5.91 Å². The third kappa shape index (κ3) is 5.19. The highest BCUT2D eigenvalue weighted by Gasteiger charge is 2.04. The fourth-order valence-electron chi connectivity index (χ4n) is 1.47. The summed E-state index contributed by atoms with van der Waals surface area (Å²) in [7, 11) is 0. The lowest BCUT2D eigenvalue weighted by molar-refractivity contribution is -0.116.